The van der Waals surface area contributed by atoms with Crippen molar-refractivity contribution in [2.24, 2.45) is 7.05 Å². The van der Waals surface area contributed by atoms with Crippen molar-refractivity contribution in [2.45, 2.75) is 6.92 Å². The summed E-state index contributed by atoms with van der Waals surface area (Å²) in [6.45, 7) is 1.67. The minimum Gasteiger partial charge on any atom is -0.477 e. The van der Waals surface area contributed by atoms with E-state index in [1.807, 2.05) is 0 Å². The number of carboxylic acids is 1. The molecule has 0 radical (unpaired) electrons. The Bertz CT molecular complexity index is 356. The monoisotopic (exact) mass is 198 g/mol. The van der Waals surface area contributed by atoms with Gasteiger partial charge in [-0.3, -0.25) is 4.68 Å². The minimum atomic E-state index is -0.972. The maximum atomic E-state index is 10.9. The van der Waals surface area contributed by atoms with Gasteiger partial charge in [-0.2, -0.15) is 5.10 Å². The summed E-state index contributed by atoms with van der Waals surface area (Å²) in [7, 11) is 5.27. The first-order chi connectivity index (χ1) is 6.43. The van der Waals surface area contributed by atoms with Crippen LogP contribution in [-0.2, 0) is 7.05 Å². The average Bonchev–Trinajstić information content (AvgIpc) is 2.25. The molecule has 14 heavy (non-hydrogen) atoms. The number of aromatic nitrogens is 2. The fraction of sp³-hybridized carbons (Fsp3) is 0.500. The van der Waals surface area contributed by atoms with Crippen molar-refractivity contribution in [2.75, 3.05) is 19.5 Å². The van der Waals surface area contributed by atoms with Crippen LogP contribution < -0.4 is 5.43 Å². The average molecular weight is 198 g/mol. The van der Waals surface area contributed by atoms with E-state index in [0.717, 1.165) is 0 Å². The normalized spacial score (nSPS) is 10.6. The first-order valence-corrected chi connectivity index (χ1v) is 4.14. The second-order valence-corrected chi connectivity index (χ2v) is 3.24. The van der Waals surface area contributed by atoms with Crippen molar-refractivity contribution in [3.8, 4) is 0 Å². The molecule has 0 aromatic carbocycles. The van der Waals surface area contributed by atoms with E-state index in [-0.39, 0.29) is 5.56 Å². The number of hydrogen-bond acceptors (Lipinski definition) is 4. The molecule has 0 amide bonds. The lowest BCUT2D eigenvalue weighted by Gasteiger charge is -2.13. The molecular formula is C8H14N4O2. The van der Waals surface area contributed by atoms with Crippen molar-refractivity contribution >= 4 is 11.8 Å². The van der Waals surface area contributed by atoms with Crippen LogP contribution in [0.2, 0.25) is 0 Å². The van der Waals surface area contributed by atoms with Gasteiger partial charge in [0.15, 0.2) is 5.82 Å². The zero-order valence-corrected chi connectivity index (χ0v) is 8.70. The van der Waals surface area contributed by atoms with E-state index < -0.39 is 5.97 Å². The van der Waals surface area contributed by atoms with Gasteiger partial charge in [-0.1, -0.05) is 0 Å². The number of aryl methyl sites for hydroxylation is 2. The summed E-state index contributed by atoms with van der Waals surface area (Å²) in [6.07, 6.45) is 0. The van der Waals surface area contributed by atoms with Crippen molar-refractivity contribution in [3.05, 3.63) is 11.3 Å². The van der Waals surface area contributed by atoms with E-state index in [9.17, 15) is 4.79 Å². The summed E-state index contributed by atoms with van der Waals surface area (Å²) in [5.41, 5.74) is 3.61. The lowest BCUT2D eigenvalue weighted by atomic mass is 10.2. The smallest absolute Gasteiger partial charge is 0.341 e. The molecule has 1 heterocycles. The first kappa shape index (κ1) is 10.5. The van der Waals surface area contributed by atoms with Crippen LogP contribution in [0.5, 0.6) is 0 Å². The summed E-state index contributed by atoms with van der Waals surface area (Å²) in [5.74, 6) is -0.486. The van der Waals surface area contributed by atoms with Crippen LogP contribution in [0.15, 0.2) is 0 Å². The van der Waals surface area contributed by atoms with Gasteiger partial charge < -0.3 is 10.5 Å². The molecule has 0 spiro atoms. The molecule has 0 aliphatic heterocycles. The van der Waals surface area contributed by atoms with Gasteiger partial charge in [-0.15, -0.1) is 0 Å². The third-order valence-corrected chi connectivity index (χ3v) is 1.77. The number of carboxylic acid groups (broad SMARTS) is 1. The van der Waals surface area contributed by atoms with E-state index >= 15 is 0 Å². The number of rotatable bonds is 3. The topological polar surface area (TPSA) is 70.4 Å². The van der Waals surface area contributed by atoms with Gasteiger partial charge >= 0.3 is 5.97 Å². The third kappa shape index (κ3) is 1.85. The molecule has 0 bridgehead atoms. The summed E-state index contributed by atoms with van der Waals surface area (Å²) in [5, 5.41) is 14.7. The predicted octanol–water partition coefficient (Wildman–Crippen LogP) is 0.315. The minimum absolute atomic E-state index is 0.209. The Morgan fingerprint density at radius 1 is 1.57 bits per heavy atom. The van der Waals surface area contributed by atoms with Crippen molar-refractivity contribution in [1.82, 2.24) is 14.8 Å². The Hall–Kier alpha value is -1.56. The molecule has 0 saturated carbocycles. The quantitative estimate of drug-likeness (QED) is 0.684. The predicted molar refractivity (Wildman–Crippen MR) is 52.2 cm³/mol. The molecule has 0 aliphatic rings. The highest BCUT2D eigenvalue weighted by atomic mass is 16.4. The van der Waals surface area contributed by atoms with Crippen molar-refractivity contribution in [1.29, 1.82) is 0 Å². The maximum absolute atomic E-state index is 10.9. The molecule has 0 atom stereocenters. The molecule has 0 unspecified atom stereocenters. The largest absolute Gasteiger partial charge is 0.477 e. The fourth-order valence-corrected chi connectivity index (χ4v) is 1.25. The SMILES string of the molecule is Cc1nn(C)c(NN(C)C)c1C(=O)O. The first-order valence-electron chi connectivity index (χ1n) is 4.14. The second-order valence-electron chi connectivity index (χ2n) is 3.24. The highest BCUT2D eigenvalue weighted by Gasteiger charge is 2.19. The van der Waals surface area contributed by atoms with E-state index in [1.165, 1.54) is 4.68 Å². The van der Waals surface area contributed by atoms with Crippen LogP contribution in [0.1, 0.15) is 16.1 Å². The van der Waals surface area contributed by atoms with Crippen LogP contribution >= 0.6 is 0 Å². The highest BCUT2D eigenvalue weighted by Crippen LogP contribution is 2.18. The van der Waals surface area contributed by atoms with E-state index in [4.69, 9.17) is 5.11 Å². The van der Waals surface area contributed by atoms with Gasteiger partial charge in [0, 0.05) is 21.1 Å². The highest BCUT2D eigenvalue weighted by molar-refractivity contribution is 5.94. The molecule has 1 rings (SSSR count). The summed E-state index contributed by atoms with van der Waals surface area (Å²) in [4.78, 5) is 10.9. The van der Waals surface area contributed by atoms with E-state index in [1.54, 1.807) is 33.1 Å². The van der Waals surface area contributed by atoms with Crippen LogP contribution in [0.3, 0.4) is 0 Å². The Kier molecular flexibility index (Phi) is 2.76. The molecule has 6 heteroatoms. The Labute approximate surface area is 82.1 Å². The standard InChI is InChI=1S/C8H14N4O2/c1-5-6(8(13)14)7(10-11(2)3)12(4)9-5/h10H,1-4H3,(H,13,14). The maximum Gasteiger partial charge on any atom is 0.341 e. The third-order valence-electron chi connectivity index (χ3n) is 1.77. The number of aromatic carboxylic acids is 1. The molecule has 2 N–H and O–H groups in total. The van der Waals surface area contributed by atoms with Gasteiger partial charge in [0.2, 0.25) is 0 Å². The molecule has 1 aromatic heterocycles. The van der Waals surface area contributed by atoms with Crippen LogP contribution in [-0.4, -0.2) is 40.0 Å². The Morgan fingerprint density at radius 2 is 2.14 bits per heavy atom. The summed E-state index contributed by atoms with van der Waals surface area (Å²) >= 11 is 0. The zero-order chi connectivity index (χ0) is 10.9. The lowest BCUT2D eigenvalue weighted by Crippen LogP contribution is -2.23. The number of hydrogen-bond donors (Lipinski definition) is 2. The van der Waals surface area contributed by atoms with E-state index in [2.05, 4.69) is 10.5 Å². The molecule has 0 aliphatic carbocycles. The van der Waals surface area contributed by atoms with Crippen molar-refractivity contribution in [3.63, 3.8) is 0 Å². The molecule has 0 fully saturated rings. The number of nitrogens with zero attached hydrogens (tertiary/aromatic N) is 3. The van der Waals surface area contributed by atoms with Gasteiger partial charge in [0.1, 0.15) is 5.56 Å². The van der Waals surface area contributed by atoms with E-state index in [0.29, 0.717) is 11.5 Å². The lowest BCUT2D eigenvalue weighted by molar-refractivity contribution is 0.0697. The number of anilines is 1. The second kappa shape index (κ2) is 3.67. The fourth-order valence-electron chi connectivity index (χ4n) is 1.25. The van der Waals surface area contributed by atoms with Crippen molar-refractivity contribution < 1.29 is 9.90 Å². The number of nitrogens with one attached hydrogen (secondary N) is 1. The Balaban J connectivity index is 3.18. The van der Waals surface area contributed by atoms with Crippen LogP contribution in [0, 0.1) is 6.92 Å². The van der Waals surface area contributed by atoms with Gasteiger partial charge in [0.05, 0.1) is 5.69 Å². The Morgan fingerprint density at radius 3 is 2.57 bits per heavy atom. The molecule has 1 aromatic rings. The molecular weight excluding hydrogens is 184 g/mol. The summed E-state index contributed by atoms with van der Waals surface area (Å²) in [6, 6.07) is 0. The molecule has 78 valence electrons. The van der Waals surface area contributed by atoms with Gasteiger partial charge in [0.25, 0.3) is 0 Å². The number of carbonyl (C=O) groups is 1. The van der Waals surface area contributed by atoms with Crippen LogP contribution in [0.4, 0.5) is 5.82 Å². The van der Waals surface area contributed by atoms with Gasteiger partial charge in [-0.05, 0) is 6.92 Å². The molecule has 0 saturated heterocycles. The zero-order valence-electron chi connectivity index (χ0n) is 8.70. The molecule has 6 nitrogen and oxygen atoms in total. The summed E-state index contributed by atoms with van der Waals surface area (Å²) < 4.78 is 1.51. The van der Waals surface area contributed by atoms with Gasteiger partial charge in [-0.25, -0.2) is 9.80 Å². The number of hydrazine groups is 1. The van der Waals surface area contributed by atoms with Crippen LogP contribution in [0.25, 0.3) is 0 Å².